The third kappa shape index (κ3) is 1.43. The Kier molecular flexibility index (Phi) is 2.11. The van der Waals surface area contributed by atoms with Crippen LogP contribution in [0.1, 0.15) is 41.2 Å². The number of aromatic carboxylic acids is 1. The topological polar surface area (TPSA) is 76.2 Å². The molecule has 14 heavy (non-hydrogen) atoms. The normalized spacial score (nSPS) is 16.3. The molecule has 0 unspecified atom stereocenters. The lowest BCUT2D eigenvalue weighted by Crippen LogP contribution is -2.15. The number of hydrogen-bond acceptors (Lipinski definition) is 3. The predicted octanol–water partition coefficient (Wildman–Crippen LogP) is 1.63. The molecule has 0 aromatic carbocycles. The van der Waals surface area contributed by atoms with Crippen molar-refractivity contribution in [2.24, 2.45) is 0 Å². The van der Waals surface area contributed by atoms with E-state index in [9.17, 15) is 4.79 Å². The van der Waals surface area contributed by atoms with E-state index in [2.05, 4.69) is 4.98 Å². The van der Waals surface area contributed by atoms with Gasteiger partial charge < -0.3 is 10.8 Å². The summed E-state index contributed by atoms with van der Waals surface area (Å²) in [6.45, 7) is 0. The van der Waals surface area contributed by atoms with Crippen molar-refractivity contribution in [2.75, 3.05) is 5.73 Å². The van der Waals surface area contributed by atoms with Gasteiger partial charge in [0, 0.05) is 0 Å². The number of carboxylic acids is 1. The van der Waals surface area contributed by atoms with E-state index < -0.39 is 5.97 Å². The largest absolute Gasteiger partial charge is 0.477 e. The highest BCUT2D eigenvalue weighted by atomic mass is 16.4. The number of aromatic nitrogens is 1. The van der Waals surface area contributed by atoms with Crippen LogP contribution in [-0.2, 0) is 0 Å². The van der Waals surface area contributed by atoms with Gasteiger partial charge in [-0.15, -0.1) is 0 Å². The molecule has 0 bridgehead atoms. The first-order valence-electron chi connectivity index (χ1n) is 4.67. The smallest absolute Gasteiger partial charge is 0.354 e. The van der Waals surface area contributed by atoms with Gasteiger partial charge in [0.15, 0.2) is 5.69 Å². The number of nitrogen functional groups attached to an aromatic ring is 1. The Morgan fingerprint density at radius 2 is 2.29 bits per heavy atom. The predicted molar refractivity (Wildman–Crippen MR) is 52.2 cm³/mol. The molecule has 0 amide bonds. The Balaban J connectivity index is 2.42. The Labute approximate surface area is 81.8 Å². The molecule has 0 aliphatic heterocycles. The lowest BCUT2D eigenvalue weighted by molar-refractivity contribution is 0.0688. The Morgan fingerprint density at radius 1 is 1.57 bits per heavy atom. The van der Waals surface area contributed by atoms with E-state index in [0.29, 0.717) is 11.6 Å². The van der Waals surface area contributed by atoms with Gasteiger partial charge in [0.05, 0.1) is 11.9 Å². The zero-order valence-electron chi connectivity index (χ0n) is 7.73. The van der Waals surface area contributed by atoms with Crippen molar-refractivity contribution < 1.29 is 9.90 Å². The first-order valence-corrected chi connectivity index (χ1v) is 4.67. The van der Waals surface area contributed by atoms with Crippen molar-refractivity contribution in [3.05, 3.63) is 23.5 Å². The van der Waals surface area contributed by atoms with Crippen molar-refractivity contribution in [1.82, 2.24) is 4.98 Å². The number of nitrogens with zero attached hydrogens (tertiary/aromatic N) is 1. The van der Waals surface area contributed by atoms with E-state index in [4.69, 9.17) is 10.8 Å². The maximum atomic E-state index is 10.9. The van der Waals surface area contributed by atoms with Crippen molar-refractivity contribution in [2.45, 2.75) is 25.2 Å². The number of pyridine rings is 1. The Morgan fingerprint density at radius 3 is 2.79 bits per heavy atom. The number of carbonyl (C=O) groups is 1. The van der Waals surface area contributed by atoms with Gasteiger partial charge >= 0.3 is 5.97 Å². The average molecular weight is 192 g/mol. The molecule has 4 heteroatoms. The molecular formula is C10H12N2O2. The summed E-state index contributed by atoms with van der Waals surface area (Å²) in [5.41, 5.74) is 7.08. The first kappa shape index (κ1) is 8.99. The minimum atomic E-state index is -0.966. The van der Waals surface area contributed by atoms with Crippen LogP contribution in [-0.4, -0.2) is 16.1 Å². The lowest BCUT2D eigenvalue weighted by Gasteiger charge is -2.26. The number of anilines is 1. The second-order valence-electron chi connectivity index (χ2n) is 3.64. The molecule has 1 aromatic rings. The van der Waals surface area contributed by atoms with Crippen LogP contribution in [0.5, 0.6) is 0 Å². The summed E-state index contributed by atoms with van der Waals surface area (Å²) in [6, 6.07) is 1.74. The van der Waals surface area contributed by atoms with Crippen molar-refractivity contribution in [1.29, 1.82) is 0 Å². The minimum Gasteiger partial charge on any atom is -0.477 e. The van der Waals surface area contributed by atoms with E-state index in [0.717, 1.165) is 18.4 Å². The van der Waals surface area contributed by atoms with Gasteiger partial charge in [-0.1, -0.05) is 6.42 Å². The van der Waals surface area contributed by atoms with Crippen LogP contribution in [0.4, 0.5) is 5.69 Å². The molecule has 1 heterocycles. The van der Waals surface area contributed by atoms with E-state index in [1.807, 2.05) is 0 Å². The third-order valence-corrected chi connectivity index (χ3v) is 2.69. The second-order valence-corrected chi connectivity index (χ2v) is 3.64. The summed E-state index contributed by atoms with van der Waals surface area (Å²) < 4.78 is 0. The van der Waals surface area contributed by atoms with Gasteiger partial charge in [0.2, 0.25) is 0 Å². The highest BCUT2D eigenvalue weighted by molar-refractivity contribution is 5.87. The molecular weight excluding hydrogens is 180 g/mol. The SMILES string of the molecule is Nc1cnc(C(=O)O)c(C2CCC2)c1. The molecule has 1 fully saturated rings. The molecule has 0 radical (unpaired) electrons. The quantitative estimate of drug-likeness (QED) is 0.746. The number of rotatable bonds is 2. The van der Waals surface area contributed by atoms with Crippen LogP contribution >= 0.6 is 0 Å². The Hall–Kier alpha value is -1.58. The highest BCUT2D eigenvalue weighted by Crippen LogP contribution is 2.38. The van der Waals surface area contributed by atoms with Gasteiger partial charge in [-0.05, 0) is 30.4 Å². The van der Waals surface area contributed by atoms with Gasteiger partial charge in [0.25, 0.3) is 0 Å². The van der Waals surface area contributed by atoms with Crippen molar-refractivity contribution in [3.8, 4) is 0 Å². The lowest BCUT2D eigenvalue weighted by atomic mass is 9.79. The van der Waals surface area contributed by atoms with Crippen LogP contribution in [0.3, 0.4) is 0 Å². The maximum absolute atomic E-state index is 10.9. The van der Waals surface area contributed by atoms with Crippen molar-refractivity contribution >= 4 is 11.7 Å². The molecule has 0 atom stereocenters. The van der Waals surface area contributed by atoms with Crippen LogP contribution in [0.25, 0.3) is 0 Å². The molecule has 0 spiro atoms. The minimum absolute atomic E-state index is 0.156. The monoisotopic (exact) mass is 192 g/mol. The summed E-state index contributed by atoms with van der Waals surface area (Å²) in [7, 11) is 0. The highest BCUT2D eigenvalue weighted by Gasteiger charge is 2.25. The van der Waals surface area contributed by atoms with Gasteiger partial charge in [-0.2, -0.15) is 0 Å². The van der Waals surface area contributed by atoms with E-state index >= 15 is 0 Å². The zero-order valence-corrected chi connectivity index (χ0v) is 7.73. The van der Waals surface area contributed by atoms with E-state index in [1.54, 1.807) is 6.07 Å². The summed E-state index contributed by atoms with van der Waals surface area (Å²) in [6.07, 6.45) is 4.65. The van der Waals surface area contributed by atoms with Crippen LogP contribution in [0.15, 0.2) is 12.3 Å². The molecule has 2 rings (SSSR count). The van der Waals surface area contributed by atoms with Crippen LogP contribution in [0.2, 0.25) is 0 Å². The van der Waals surface area contributed by atoms with Gasteiger partial charge in [-0.3, -0.25) is 0 Å². The van der Waals surface area contributed by atoms with E-state index in [1.165, 1.54) is 12.6 Å². The van der Waals surface area contributed by atoms with Crippen LogP contribution in [0, 0.1) is 0 Å². The van der Waals surface area contributed by atoms with E-state index in [-0.39, 0.29) is 5.69 Å². The fourth-order valence-corrected chi connectivity index (χ4v) is 1.71. The van der Waals surface area contributed by atoms with Crippen LogP contribution < -0.4 is 5.73 Å². The molecule has 4 nitrogen and oxygen atoms in total. The summed E-state index contributed by atoms with van der Waals surface area (Å²) in [5.74, 6) is -0.621. The number of hydrogen-bond donors (Lipinski definition) is 2. The standard InChI is InChI=1S/C10H12N2O2/c11-7-4-8(6-2-1-3-6)9(10(13)14)12-5-7/h4-6H,1-3,11H2,(H,13,14). The Bertz CT molecular complexity index is 372. The number of nitrogens with two attached hydrogens (primary N) is 1. The zero-order chi connectivity index (χ0) is 10.1. The molecule has 1 aliphatic carbocycles. The molecule has 1 saturated carbocycles. The first-order chi connectivity index (χ1) is 6.68. The average Bonchev–Trinajstić information content (AvgIpc) is 2.00. The molecule has 1 aliphatic rings. The molecule has 74 valence electrons. The summed E-state index contributed by atoms with van der Waals surface area (Å²) in [5, 5.41) is 8.92. The summed E-state index contributed by atoms with van der Waals surface area (Å²) in [4.78, 5) is 14.7. The maximum Gasteiger partial charge on any atom is 0.354 e. The molecule has 3 N–H and O–H groups in total. The second kappa shape index (κ2) is 3.29. The molecule has 0 saturated heterocycles. The molecule has 1 aromatic heterocycles. The fourth-order valence-electron chi connectivity index (χ4n) is 1.71. The van der Waals surface area contributed by atoms with Gasteiger partial charge in [-0.25, -0.2) is 9.78 Å². The number of carboxylic acid groups (broad SMARTS) is 1. The fraction of sp³-hybridized carbons (Fsp3) is 0.400. The third-order valence-electron chi connectivity index (χ3n) is 2.69. The van der Waals surface area contributed by atoms with Gasteiger partial charge in [0.1, 0.15) is 0 Å². The van der Waals surface area contributed by atoms with Crippen molar-refractivity contribution in [3.63, 3.8) is 0 Å². The summed E-state index contributed by atoms with van der Waals surface area (Å²) >= 11 is 0.